The molecule has 0 bridgehead atoms. The molecule has 3 aromatic rings. The Morgan fingerprint density at radius 2 is 2.04 bits per heavy atom. The number of hydrogen-bond acceptors (Lipinski definition) is 4. The molecule has 1 aromatic heterocycles. The summed E-state index contributed by atoms with van der Waals surface area (Å²) in [5.74, 6) is -0.506. The maximum absolute atomic E-state index is 13.6. The summed E-state index contributed by atoms with van der Waals surface area (Å²) in [5, 5.41) is 5.62. The normalized spacial score (nSPS) is 10.5. The molecule has 0 aliphatic rings. The summed E-state index contributed by atoms with van der Waals surface area (Å²) in [6.07, 6.45) is 0. The van der Waals surface area contributed by atoms with E-state index in [1.165, 1.54) is 12.1 Å². The SMILES string of the molecule is Cc1csc(-c2ccc(OCC(=O)Nc3ccc(Cl)cc3F)cc2)n1. The molecule has 7 heteroatoms. The van der Waals surface area contributed by atoms with Crippen molar-refractivity contribution in [1.29, 1.82) is 0 Å². The number of nitrogens with one attached hydrogen (secondary N) is 1. The Bertz CT molecular complexity index is 896. The van der Waals surface area contributed by atoms with Gasteiger partial charge in [-0.25, -0.2) is 9.37 Å². The second-order valence-corrected chi connectivity index (χ2v) is 6.57. The fourth-order valence-electron chi connectivity index (χ4n) is 2.11. The van der Waals surface area contributed by atoms with Crippen LogP contribution in [-0.2, 0) is 4.79 Å². The van der Waals surface area contributed by atoms with Crippen molar-refractivity contribution in [2.24, 2.45) is 0 Å². The zero-order valence-electron chi connectivity index (χ0n) is 13.3. The van der Waals surface area contributed by atoms with Crippen molar-refractivity contribution in [2.75, 3.05) is 11.9 Å². The van der Waals surface area contributed by atoms with Gasteiger partial charge in [-0.15, -0.1) is 11.3 Å². The van der Waals surface area contributed by atoms with E-state index in [1.54, 1.807) is 23.5 Å². The number of anilines is 1. The number of ether oxygens (including phenoxy) is 1. The Morgan fingerprint density at radius 1 is 1.28 bits per heavy atom. The van der Waals surface area contributed by atoms with E-state index in [1.807, 2.05) is 24.4 Å². The van der Waals surface area contributed by atoms with Crippen LogP contribution < -0.4 is 10.1 Å². The molecule has 0 radical (unpaired) electrons. The number of aromatic nitrogens is 1. The molecule has 3 rings (SSSR count). The molecule has 0 aliphatic carbocycles. The molecule has 0 unspecified atom stereocenters. The number of carbonyl (C=O) groups excluding carboxylic acids is 1. The maximum Gasteiger partial charge on any atom is 0.262 e. The number of rotatable bonds is 5. The average molecular weight is 377 g/mol. The molecule has 0 aliphatic heterocycles. The summed E-state index contributed by atoms with van der Waals surface area (Å²) in [7, 11) is 0. The molecule has 25 heavy (non-hydrogen) atoms. The third-order valence-corrected chi connectivity index (χ3v) is 4.54. The van der Waals surface area contributed by atoms with Crippen molar-refractivity contribution >= 4 is 34.5 Å². The Hall–Kier alpha value is -2.44. The smallest absolute Gasteiger partial charge is 0.262 e. The summed E-state index contributed by atoms with van der Waals surface area (Å²) >= 11 is 7.24. The highest BCUT2D eigenvalue weighted by molar-refractivity contribution is 7.13. The van der Waals surface area contributed by atoms with Crippen LogP contribution in [0, 0.1) is 12.7 Å². The molecule has 4 nitrogen and oxygen atoms in total. The molecule has 1 heterocycles. The van der Waals surface area contributed by atoms with Crippen LogP contribution in [0.15, 0.2) is 47.8 Å². The summed E-state index contributed by atoms with van der Waals surface area (Å²) < 4.78 is 19.1. The van der Waals surface area contributed by atoms with Gasteiger partial charge in [0.2, 0.25) is 0 Å². The standard InChI is InChI=1S/C18H14ClFN2O2S/c1-11-10-25-18(21-11)12-2-5-14(6-3-12)24-9-17(23)22-16-7-4-13(19)8-15(16)20/h2-8,10H,9H2,1H3,(H,22,23). The van der Waals surface area contributed by atoms with Crippen LogP contribution >= 0.6 is 22.9 Å². The van der Waals surface area contributed by atoms with Gasteiger partial charge in [0, 0.05) is 21.7 Å². The Morgan fingerprint density at radius 3 is 2.68 bits per heavy atom. The minimum absolute atomic E-state index is 0.0625. The summed E-state index contributed by atoms with van der Waals surface area (Å²) in [5.41, 5.74) is 2.03. The van der Waals surface area contributed by atoms with Crippen molar-refractivity contribution in [3.63, 3.8) is 0 Å². The molecule has 0 fully saturated rings. The number of amides is 1. The number of aryl methyl sites for hydroxylation is 1. The molecule has 2 aromatic carbocycles. The van der Waals surface area contributed by atoms with Gasteiger partial charge < -0.3 is 10.1 Å². The first-order chi connectivity index (χ1) is 12.0. The van der Waals surface area contributed by atoms with Gasteiger partial charge in [-0.2, -0.15) is 0 Å². The second kappa shape index (κ2) is 7.63. The lowest BCUT2D eigenvalue weighted by atomic mass is 10.2. The third-order valence-electron chi connectivity index (χ3n) is 3.30. The lowest BCUT2D eigenvalue weighted by molar-refractivity contribution is -0.118. The first-order valence-corrected chi connectivity index (χ1v) is 8.67. The average Bonchev–Trinajstić information content (AvgIpc) is 3.02. The number of carbonyl (C=O) groups is 1. The van der Waals surface area contributed by atoms with Crippen LogP contribution in [-0.4, -0.2) is 17.5 Å². The molecule has 1 N–H and O–H groups in total. The Balaban J connectivity index is 1.57. The van der Waals surface area contributed by atoms with Gasteiger partial charge in [-0.1, -0.05) is 11.6 Å². The number of nitrogens with zero attached hydrogens (tertiary/aromatic N) is 1. The fraction of sp³-hybridized carbons (Fsp3) is 0.111. The van der Waals surface area contributed by atoms with Crippen molar-refractivity contribution in [3.8, 4) is 16.3 Å². The van der Waals surface area contributed by atoms with Crippen molar-refractivity contribution in [2.45, 2.75) is 6.92 Å². The highest BCUT2D eigenvalue weighted by Gasteiger charge is 2.09. The van der Waals surface area contributed by atoms with E-state index in [0.717, 1.165) is 22.3 Å². The highest BCUT2D eigenvalue weighted by atomic mass is 35.5. The quantitative estimate of drug-likeness (QED) is 0.687. The van der Waals surface area contributed by atoms with Crippen molar-refractivity contribution < 1.29 is 13.9 Å². The van der Waals surface area contributed by atoms with Crippen LogP contribution in [0.2, 0.25) is 5.02 Å². The number of benzene rings is 2. The van der Waals surface area contributed by atoms with E-state index in [2.05, 4.69) is 10.3 Å². The Kier molecular flexibility index (Phi) is 5.31. The lowest BCUT2D eigenvalue weighted by Crippen LogP contribution is -2.20. The number of hydrogen-bond donors (Lipinski definition) is 1. The van der Waals surface area contributed by atoms with E-state index in [9.17, 15) is 9.18 Å². The van der Waals surface area contributed by atoms with Crippen molar-refractivity contribution in [1.82, 2.24) is 4.98 Å². The monoisotopic (exact) mass is 376 g/mol. The minimum atomic E-state index is -0.594. The molecule has 0 spiro atoms. The minimum Gasteiger partial charge on any atom is -0.484 e. The van der Waals surface area contributed by atoms with Crippen LogP contribution in [0.1, 0.15) is 5.69 Å². The maximum atomic E-state index is 13.6. The van der Waals surface area contributed by atoms with Crippen LogP contribution in [0.3, 0.4) is 0 Å². The van der Waals surface area contributed by atoms with Crippen LogP contribution in [0.25, 0.3) is 10.6 Å². The van der Waals surface area contributed by atoms with Gasteiger partial charge in [0.15, 0.2) is 6.61 Å². The van der Waals surface area contributed by atoms with E-state index in [-0.39, 0.29) is 17.3 Å². The summed E-state index contributed by atoms with van der Waals surface area (Å²) in [4.78, 5) is 16.3. The molecular formula is C18H14ClFN2O2S. The van der Waals surface area contributed by atoms with Gasteiger partial charge >= 0.3 is 0 Å². The zero-order chi connectivity index (χ0) is 17.8. The Labute approximate surface area is 153 Å². The second-order valence-electron chi connectivity index (χ2n) is 5.28. The molecule has 128 valence electrons. The molecule has 1 amide bonds. The van der Waals surface area contributed by atoms with Gasteiger partial charge in [0.25, 0.3) is 5.91 Å². The van der Waals surface area contributed by atoms with Gasteiger partial charge in [-0.05, 0) is 49.4 Å². The topological polar surface area (TPSA) is 51.2 Å². The number of thiazole rings is 1. The first-order valence-electron chi connectivity index (χ1n) is 7.41. The fourth-order valence-corrected chi connectivity index (χ4v) is 3.07. The first kappa shape index (κ1) is 17.4. The predicted molar refractivity (Wildman–Crippen MR) is 97.8 cm³/mol. The predicted octanol–water partition coefficient (Wildman–Crippen LogP) is 4.93. The third kappa shape index (κ3) is 4.55. The van der Waals surface area contributed by atoms with E-state index in [0.29, 0.717) is 5.75 Å². The van der Waals surface area contributed by atoms with Gasteiger partial charge in [-0.3, -0.25) is 4.79 Å². The molecular weight excluding hydrogens is 363 g/mol. The van der Waals surface area contributed by atoms with E-state index in [4.69, 9.17) is 16.3 Å². The highest BCUT2D eigenvalue weighted by Crippen LogP contribution is 2.25. The van der Waals surface area contributed by atoms with Crippen LogP contribution in [0.4, 0.5) is 10.1 Å². The van der Waals surface area contributed by atoms with Gasteiger partial charge in [0.05, 0.1) is 5.69 Å². The molecule has 0 atom stereocenters. The molecule has 0 saturated carbocycles. The molecule has 0 saturated heterocycles. The summed E-state index contributed by atoms with van der Waals surface area (Å²) in [6.45, 7) is 1.72. The largest absolute Gasteiger partial charge is 0.484 e. The van der Waals surface area contributed by atoms with E-state index < -0.39 is 11.7 Å². The van der Waals surface area contributed by atoms with Crippen molar-refractivity contribution in [3.05, 3.63) is 64.4 Å². The zero-order valence-corrected chi connectivity index (χ0v) is 14.8. The lowest BCUT2D eigenvalue weighted by Gasteiger charge is -2.09. The van der Waals surface area contributed by atoms with Gasteiger partial charge in [0.1, 0.15) is 16.6 Å². The van der Waals surface area contributed by atoms with Crippen LogP contribution in [0.5, 0.6) is 5.75 Å². The number of halogens is 2. The summed E-state index contributed by atoms with van der Waals surface area (Å²) in [6, 6.07) is 11.3. The van der Waals surface area contributed by atoms with E-state index >= 15 is 0 Å².